The van der Waals surface area contributed by atoms with Crippen molar-refractivity contribution in [2.24, 2.45) is 4.99 Å². The van der Waals surface area contributed by atoms with Crippen molar-refractivity contribution in [3.63, 3.8) is 0 Å². The van der Waals surface area contributed by atoms with Crippen molar-refractivity contribution in [3.05, 3.63) is 100.0 Å². The maximum absolute atomic E-state index is 15.1. The zero-order chi connectivity index (χ0) is 25.2. The molecule has 7 nitrogen and oxygen atoms in total. The van der Waals surface area contributed by atoms with Gasteiger partial charge in [0.2, 0.25) is 5.95 Å². The highest BCUT2D eigenvalue weighted by Gasteiger charge is 2.25. The van der Waals surface area contributed by atoms with E-state index in [2.05, 4.69) is 10.3 Å². The number of rotatable bonds is 6. The molecule has 0 radical (unpaired) electrons. The van der Waals surface area contributed by atoms with Gasteiger partial charge in [-0.2, -0.15) is 0 Å². The number of hydrogen-bond acceptors (Lipinski definition) is 6. The van der Waals surface area contributed by atoms with Gasteiger partial charge in [-0.3, -0.25) is 4.99 Å². The number of fused-ring (bicyclic) bond motifs is 3. The summed E-state index contributed by atoms with van der Waals surface area (Å²) in [5.41, 5.74) is 4.24. The van der Waals surface area contributed by atoms with Crippen LogP contribution >= 0.6 is 11.6 Å². The van der Waals surface area contributed by atoms with Crippen LogP contribution in [0.1, 0.15) is 34.0 Å². The number of anilines is 2. The molecule has 1 aromatic heterocycles. The maximum atomic E-state index is 15.1. The van der Waals surface area contributed by atoms with E-state index in [1.54, 1.807) is 42.6 Å². The van der Waals surface area contributed by atoms with E-state index in [-0.39, 0.29) is 17.7 Å². The molecular formula is C27H20ClFN4O3. The summed E-state index contributed by atoms with van der Waals surface area (Å²) in [6, 6.07) is 16.3. The quantitative estimate of drug-likeness (QED) is 0.329. The fourth-order valence-electron chi connectivity index (χ4n) is 4.03. The van der Waals surface area contributed by atoms with E-state index >= 15 is 4.39 Å². The Kier molecular flexibility index (Phi) is 6.35. The van der Waals surface area contributed by atoms with E-state index in [0.29, 0.717) is 46.0 Å². The predicted molar refractivity (Wildman–Crippen MR) is 136 cm³/mol. The van der Waals surface area contributed by atoms with Crippen molar-refractivity contribution in [1.82, 2.24) is 9.97 Å². The number of nitrogens with zero attached hydrogens (tertiary/aromatic N) is 3. The van der Waals surface area contributed by atoms with E-state index in [4.69, 9.17) is 31.4 Å². The summed E-state index contributed by atoms with van der Waals surface area (Å²) >= 11 is 6.36. The van der Waals surface area contributed by atoms with E-state index in [9.17, 15) is 4.79 Å². The first-order chi connectivity index (χ1) is 17.4. The Bertz CT molecular complexity index is 1510. The summed E-state index contributed by atoms with van der Waals surface area (Å²) in [5.74, 6) is -0.737. The van der Waals surface area contributed by atoms with Gasteiger partial charge in [0.25, 0.3) is 0 Å². The van der Waals surface area contributed by atoms with Crippen molar-refractivity contribution >= 4 is 34.9 Å². The highest BCUT2D eigenvalue weighted by Crippen LogP contribution is 2.36. The molecular weight excluding hydrogens is 483 g/mol. The second kappa shape index (κ2) is 9.75. The van der Waals surface area contributed by atoms with Gasteiger partial charge < -0.3 is 15.2 Å². The normalized spacial score (nSPS) is 12.1. The molecule has 9 heteroatoms. The molecule has 0 fully saturated rings. The molecule has 3 aromatic carbocycles. The molecule has 0 atom stereocenters. The zero-order valence-electron chi connectivity index (χ0n) is 19.1. The third-order valence-electron chi connectivity index (χ3n) is 5.66. The summed E-state index contributed by atoms with van der Waals surface area (Å²) in [6.45, 7) is 2.44. The minimum atomic E-state index is -1.00. The van der Waals surface area contributed by atoms with Crippen molar-refractivity contribution in [3.8, 4) is 17.0 Å². The highest BCUT2D eigenvalue weighted by atomic mass is 35.5. The van der Waals surface area contributed by atoms with Gasteiger partial charge >= 0.3 is 5.97 Å². The molecule has 0 amide bonds. The van der Waals surface area contributed by atoms with Crippen LogP contribution in [0.5, 0.6) is 5.75 Å². The lowest BCUT2D eigenvalue weighted by atomic mass is 9.94. The van der Waals surface area contributed by atoms with E-state index in [0.717, 1.165) is 11.1 Å². The molecule has 1 aliphatic heterocycles. The average Bonchev–Trinajstić information content (AvgIpc) is 3.01. The average molecular weight is 503 g/mol. The fourth-order valence-corrected chi connectivity index (χ4v) is 4.21. The Labute approximate surface area is 211 Å². The number of benzene rings is 3. The molecule has 0 saturated heterocycles. The molecule has 2 heterocycles. The minimum absolute atomic E-state index is 0.179. The lowest BCUT2D eigenvalue weighted by Crippen LogP contribution is -2.10. The van der Waals surface area contributed by atoms with Crippen molar-refractivity contribution in [2.75, 3.05) is 11.9 Å². The molecule has 1 aliphatic rings. The monoisotopic (exact) mass is 502 g/mol. The van der Waals surface area contributed by atoms with Gasteiger partial charge in [-0.05, 0) is 55.5 Å². The summed E-state index contributed by atoms with van der Waals surface area (Å²) in [5, 5.41) is 12.7. The van der Waals surface area contributed by atoms with Crippen molar-refractivity contribution < 1.29 is 19.0 Å². The number of aromatic carboxylic acids is 1. The molecule has 36 heavy (non-hydrogen) atoms. The minimum Gasteiger partial charge on any atom is -0.493 e. The Balaban J connectivity index is 1.59. The second-order valence-electron chi connectivity index (χ2n) is 7.98. The van der Waals surface area contributed by atoms with Crippen LogP contribution in [-0.2, 0) is 6.54 Å². The van der Waals surface area contributed by atoms with E-state index < -0.39 is 11.8 Å². The first kappa shape index (κ1) is 23.4. The summed E-state index contributed by atoms with van der Waals surface area (Å²) in [7, 11) is 0. The van der Waals surface area contributed by atoms with Gasteiger partial charge in [0.05, 0.1) is 35.7 Å². The summed E-state index contributed by atoms with van der Waals surface area (Å²) < 4.78 is 20.8. The topological polar surface area (TPSA) is 96.7 Å². The second-order valence-corrected chi connectivity index (χ2v) is 8.41. The van der Waals surface area contributed by atoms with Crippen molar-refractivity contribution in [1.29, 1.82) is 0 Å². The van der Waals surface area contributed by atoms with Crippen LogP contribution in [0.2, 0.25) is 5.02 Å². The molecule has 0 unspecified atom stereocenters. The lowest BCUT2D eigenvalue weighted by Gasteiger charge is -2.15. The lowest BCUT2D eigenvalue weighted by molar-refractivity contribution is 0.0697. The first-order valence-electron chi connectivity index (χ1n) is 11.2. The number of hydrogen-bond donors (Lipinski definition) is 2. The van der Waals surface area contributed by atoms with Gasteiger partial charge in [-0.25, -0.2) is 19.2 Å². The summed E-state index contributed by atoms with van der Waals surface area (Å²) in [4.78, 5) is 25.0. The van der Waals surface area contributed by atoms with Crippen LogP contribution in [0.3, 0.4) is 0 Å². The number of ether oxygens (including phenoxy) is 1. The Hall–Kier alpha value is -4.30. The molecule has 0 saturated carbocycles. The Morgan fingerprint density at radius 3 is 2.69 bits per heavy atom. The molecule has 5 rings (SSSR count). The highest BCUT2D eigenvalue weighted by molar-refractivity contribution is 6.31. The molecule has 180 valence electrons. The predicted octanol–water partition coefficient (Wildman–Crippen LogP) is 6.13. The zero-order valence-corrected chi connectivity index (χ0v) is 19.9. The standard InChI is InChI=1S/C27H20ClFN4O3/c1-2-36-22-5-3-4-21(29)23(22)25-20-12-17(28)8-11-19(20)24-16(13-30-25)14-31-27(33-24)32-18-9-6-15(7-10-18)26(34)35/h3-12,14H,2,13H2,1H3,(H,34,35)(H,31,32,33). The molecule has 4 aromatic rings. The third-order valence-corrected chi connectivity index (χ3v) is 5.90. The molecule has 2 N–H and O–H groups in total. The summed E-state index contributed by atoms with van der Waals surface area (Å²) in [6.07, 6.45) is 1.67. The number of carbonyl (C=O) groups is 1. The van der Waals surface area contributed by atoms with Gasteiger partial charge in [-0.1, -0.05) is 23.7 Å². The van der Waals surface area contributed by atoms with Crippen LogP contribution in [0.4, 0.5) is 16.0 Å². The Morgan fingerprint density at radius 2 is 1.94 bits per heavy atom. The fraction of sp³-hybridized carbons (Fsp3) is 0.111. The Morgan fingerprint density at radius 1 is 1.14 bits per heavy atom. The van der Waals surface area contributed by atoms with Crippen molar-refractivity contribution in [2.45, 2.75) is 13.5 Å². The third kappa shape index (κ3) is 4.50. The van der Waals surface area contributed by atoms with Crippen LogP contribution < -0.4 is 10.1 Å². The maximum Gasteiger partial charge on any atom is 0.335 e. The van der Waals surface area contributed by atoms with Gasteiger partial charge in [0.1, 0.15) is 11.6 Å². The number of nitrogens with one attached hydrogen (secondary N) is 1. The number of carboxylic acid groups (broad SMARTS) is 1. The van der Waals surface area contributed by atoms with Crippen LogP contribution in [0.25, 0.3) is 11.3 Å². The molecule has 0 bridgehead atoms. The smallest absolute Gasteiger partial charge is 0.335 e. The van der Waals surface area contributed by atoms with E-state index in [1.807, 2.05) is 13.0 Å². The van der Waals surface area contributed by atoms with Crippen LogP contribution in [0, 0.1) is 5.82 Å². The number of aliphatic imine (C=N–C) groups is 1. The van der Waals surface area contributed by atoms with Crippen LogP contribution in [-0.4, -0.2) is 33.4 Å². The largest absolute Gasteiger partial charge is 0.493 e. The number of halogens is 2. The van der Waals surface area contributed by atoms with Gasteiger partial charge in [0, 0.05) is 33.6 Å². The van der Waals surface area contributed by atoms with Crippen LogP contribution in [0.15, 0.2) is 71.9 Å². The van der Waals surface area contributed by atoms with E-state index in [1.165, 1.54) is 18.2 Å². The molecule has 0 spiro atoms. The molecule has 0 aliphatic carbocycles. The number of aromatic nitrogens is 2. The van der Waals surface area contributed by atoms with Gasteiger partial charge in [0.15, 0.2) is 0 Å². The SMILES string of the molecule is CCOc1cccc(F)c1C1=NCc2cnc(Nc3ccc(C(=O)O)cc3)nc2-c2ccc(Cl)cc21. The number of carboxylic acids is 1. The van der Waals surface area contributed by atoms with Gasteiger partial charge in [-0.15, -0.1) is 0 Å². The first-order valence-corrected chi connectivity index (χ1v) is 11.5.